The summed E-state index contributed by atoms with van der Waals surface area (Å²) in [5.74, 6) is 0.233. The number of nitrogens with one attached hydrogen (secondary N) is 1. The van der Waals surface area contributed by atoms with Crippen molar-refractivity contribution in [1.82, 2.24) is 10.2 Å². The Bertz CT molecular complexity index is 350. The SMILES string of the molecule is CC(Cc1ccsc1)NC1CCN(C)C1=O. The molecule has 0 radical (unpaired) electrons. The number of carbonyl (C=O) groups is 1. The van der Waals surface area contributed by atoms with Crippen molar-refractivity contribution in [3.63, 3.8) is 0 Å². The molecule has 4 heteroatoms. The van der Waals surface area contributed by atoms with Gasteiger partial charge in [0.05, 0.1) is 6.04 Å². The number of likely N-dealkylation sites (N-methyl/N-ethyl adjacent to an activating group) is 1. The lowest BCUT2D eigenvalue weighted by molar-refractivity contribution is -0.128. The summed E-state index contributed by atoms with van der Waals surface area (Å²) in [7, 11) is 1.87. The van der Waals surface area contributed by atoms with Gasteiger partial charge in [-0.1, -0.05) is 0 Å². The Balaban J connectivity index is 1.83. The van der Waals surface area contributed by atoms with Gasteiger partial charge < -0.3 is 10.2 Å². The molecular formula is C12H18N2OS. The molecule has 0 saturated carbocycles. The van der Waals surface area contributed by atoms with E-state index in [0.29, 0.717) is 6.04 Å². The molecule has 2 rings (SSSR count). The Morgan fingerprint density at radius 3 is 3.06 bits per heavy atom. The van der Waals surface area contributed by atoms with Gasteiger partial charge in [-0.3, -0.25) is 4.79 Å². The van der Waals surface area contributed by atoms with E-state index in [2.05, 4.69) is 29.1 Å². The summed E-state index contributed by atoms with van der Waals surface area (Å²) in [6.07, 6.45) is 1.93. The van der Waals surface area contributed by atoms with Crippen LogP contribution in [0.3, 0.4) is 0 Å². The quantitative estimate of drug-likeness (QED) is 0.862. The second kappa shape index (κ2) is 4.97. The molecule has 1 aliphatic rings. The highest BCUT2D eigenvalue weighted by Crippen LogP contribution is 2.12. The van der Waals surface area contributed by atoms with E-state index in [1.54, 1.807) is 16.2 Å². The topological polar surface area (TPSA) is 32.3 Å². The van der Waals surface area contributed by atoms with Gasteiger partial charge in [-0.15, -0.1) is 0 Å². The van der Waals surface area contributed by atoms with Crippen molar-refractivity contribution in [3.8, 4) is 0 Å². The molecule has 2 unspecified atom stereocenters. The molecule has 1 aromatic rings. The van der Waals surface area contributed by atoms with E-state index in [-0.39, 0.29) is 11.9 Å². The van der Waals surface area contributed by atoms with E-state index >= 15 is 0 Å². The first-order valence-corrected chi connectivity index (χ1v) is 6.63. The maximum Gasteiger partial charge on any atom is 0.239 e. The Morgan fingerprint density at radius 1 is 1.69 bits per heavy atom. The van der Waals surface area contributed by atoms with E-state index in [0.717, 1.165) is 19.4 Å². The molecule has 1 aromatic heterocycles. The second-order valence-electron chi connectivity index (χ2n) is 4.50. The molecule has 1 aliphatic heterocycles. The van der Waals surface area contributed by atoms with Gasteiger partial charge in [0.2, 0.25) is 5.91 Å². The van der Waals surface area contributed by atoms with Crippen molar-refractivity contribution in [1.29, 1.82) is 0 Å². The van der Waals surface area contributed by atoms with Crippen LogP contribution in [0.15, 0.2) is 16.8 Å². The Labute approximate surface area is 100 Å². The molecule has 1 amide bonds. The van der Waals surface area contributed by atoms with Crippen LogP contribution < -0.4 is 5.32 Å². The fourth-order valence-electron chi connectivity index (χ4n) is 2.14. The van der Waals surface area contributed by atoms with Crippen LogP contribution in [0, 0.1) is 0 Å². The van der Waals surface area contributed by atoms with Crippen LogP contribution in [0.1, 0.15) is 18.9 Å². The lowest BCUT2D eigenvalue weighted by Crippen LogP contribution is -2.42. The number of carbonyl (C=O) groups excluding carboxylic acids is 1. The van der Waals surface area contributed by atoms with Crippen molar-refractivity contribution < 1.29 is 4.79 Å². The van der Waals surface area contributed by atoms with Gasteiger partial charge in [0.15, 0.2) is 0 Å². The Kier molecular flexibility index (Phi) is 3.61. The number of likely N-dealkylation sites (tertiary alicyclic amines) is 1. The summed E-state index contributed by atoms with van der Waals surface area (Å²) < 4.78 is 0. The van der Waals surface area contributed by atoms with Crippen molar-refractivity contribution in [2.45, 2.75) is 31.8 Å². The van der Waals surface area contributed by atoms with Crippen LogP contribution in [0.2, 0.25) is 0 Å². The average molecular weight is 238 g/mol. The standard InChI is InChI=1S/C12H18N2OS/c1-9(7-10-4-6-16-8-10)13-11-3-5-14(2)12(11)15/h4,6,8-9,11,13H,3,5,7H2,1-2H3. The monoisotopic (exact) mass is 238 g/mol. The average Bonchev–Trinajstić information content (AvgIpc) is 2.83. The van der Waals surface area contributed by atoms with E-state index in [4.69, 9.17) is 0 Å². The van der Waals surface area contributed by atoms with Gasteiger partial charge in [-0.2, -0.15) is 11.3 Å². The van der Waals surface area contributed by atoms with E-state index in [1.807, 2.05) is 7.05 Å². The molecule has 0 aromatic carbocycles. The van der Waals surface area contributed by atoms with Gasteiger partial charge in [0, 0.05) is 19.6 Å². The van der Waals surface area contributed by atoms with Gasteiger partial charge in [-0.25, -0.2) is 0 Å². The number of amides is 1. The van der Waals surface area contributed by atoms with Crippen LogP contribution in [0.25, 0.3) is 0 Å². The molecular weight excluding hydrogens is 220 g/mol. The fraction of sp³-hybridized carbons (Fsp3) is 0.583. The van der Waals surface area contributed by atoms with Crippen molar-refractivity contribution in [3.05, 3.63) is 22.4 Å². The molecule has 0 spiro atoms. The first-order valence-electron chi connectivity index (χ1n) is 5.69. The van der Waals surface area contributed by atoms with Crippen molar-refractivity contribution >= 4 is 17.2 Å². The maximum absolute atomic E-state index is 11.7. The third kappa shape index (κ3) is 2.62. The summed E-state index contributed by atoms with van der Waals surface area (Å²) in [6.45, 7) is 3.02. The van der Waals surface area contributed by atoms with Gasteiger partial charge in [-0.05, 0) is 42.2 Å². The van der Waals surface area contributed by atoms with Crippen molar-refractivity contribution in [2.75, 3.05) is 13.6 Å². The van der Waals surface area contributed by atoms with E-state index < -0.39 is 0 Å². The summed E-state index contributed by atoms with van der Waals surface area (Å²) in [4.78, 5) is 13.5. The minimum atomic E-state index is 0.0265. The highest BCUT2D eigenvalue weighted by molar-refractivity contribution is 7.07. The highest BCUT2D eigenvalue weighted by atomic mass is 32.1. The minimum absolute atomic E-state index is 0.0265. The van der Waals surface area contributed by atoms with Gasteiger partial charge in [0.1, 0.15) is 0 Å². The Morgan fingerprint density at radius 2 is 2.50 bits per heavy atom. The van der Waals surface area contributed by atoms with Crippen LogP contribution in [-0.4, -0.2) is 36.5 Å². The minimum Gasteiger partial charge on any atom is -0.344 e. The molecule has 1 saturated heterocycles. The van der Waals surface area contributed by atoms with E-state index in [9.17, 15) is 4.79 Å². The lowest BCUT2D eigenvalue weighted by atomic mass is 10.1. The number of hydrogen-bond donors (Lipinski definition) is 1. The maximum atomic E-state index is 11.7. The summed E-state index contributed by atoms with van der Waals surface area (Å²) in [5, 5.41) is 7.67. The fourth-order valence-corrected chi connectivity index (χ4v) is 2.82. The zero-order valence-corrected chi connectivity index (χ0v) is 10.6. The van der Waals surface area contributed by atoms with Crippen LogP contribution >= 0.6 is 11.3 Å². The number of thiophene rings is 1. The largest absolute Gasteiger partial charge is 0.344 e. The zero-order valence-electron chi connectivity index (χ0n) is 9.77. The third-order valence-corrected chi connectivity index (χ3v) is 3.77. The first kappa shape index (κ1) is 11.6. The molecule has 1 N–H and O–H groups in total. The third-order valence-electron chi connectivity index (χ3n) is 3.04. The second-order valence-corrected chi connectivity index (χ2v) is 5.28. The summed E-state index contributed by atoms with van der Waals surface area (Å²) >= 11 is 1.72. The molecule has 2 heterocycles. The van der Waals surface area contributed by atoms with E-state index in [1.165, 1.54) is 5.56 Å². The highest BCUT2D eigenvalue weighted by Gasteiger charge is 2.29. The molecule has 2 atom stereocenters. The molecule has 0 aliphatic carbocycles. The van der Waals surface area contributed by atoms with Crippen LogP contribution in [-0.2, 0) is 11.2 Å². The predicted molar refractivity (Wildman–Crippen MR) is 66.7 cm³/mol. The smallest absolute Gasteiger partial charge is 0.239 e. The first-order chi connectivity index (χ1) is 7.66. The summed E-state index contributed by atoms with van der Waals surface area (Å²) in [6, 6.07) is 2.53. The normalized spacial score (nSPS) is 22.8. The molecule has 1 fully saturated rings. The zero-order chi connectivity index (χ0) is 11.5. The molecule has 88 valence electrons. The molecule has 16 heavy (non-hydrogen) atoms. The number of hydrogen-bond acceptors (Lipinski definition) is 3. The number of rotatable bonds is 4. The van der Waals surface area contributed by atoms with Crippen molar-refractivity contribution in [2.24, 2.45) is 0 Å². The van der Waals surface area contributed by atoms with Gasteiger partial charge in [0.25, 0.3) is 0 Å². The predicted octanol–water partition coefficient (Wildman–Crippen LogP) is 1.50. The van der Waals surface area contributed by atoms with Crippen LogP contribution in [0.5, 0.6) is 0 Å². The number of nitrogens with zero attached hydrogens (tertiary/aromatic N) is 1. The Hall–Kier alpha value is -0.870. The summed E-state index contributed by atoms with van der Waals surface area (Å²) in [5.41, 5.74) is 1.35. The molecule has 3 nitrogen and oxygen atoms in total. The molecule has 0 bridgehead atoms. The lowest BCUT2D eigenvalue weighted by Gasteiger charge is -2.18. The van der Waals surface area contributed by atoms with Crippen LogP contribution in [0.4, 0.5) is 0 Å². The van der Waals surface area contributed by atoms with Gasteiger partial charge >= 0.3 is 0 Å².